The zero-order valence-corrected chi connectivity index (χ0v) is 7.75. The van der Waals surface area contributed by atoms with Gasteiger partial charge in [-0.05, 0) is 26.0 Å². The van der Waals surface area contributed by atoms with Crippen LogP contribution in [0, 0.1) is 6.92 Å². The Morgan fingerprint density at radius 1 is 1.62 bits per heavy atom. The lowest BCUT2D eigenvalue weighted by molar-refractivity contribution is 0.779. The van der Waals surface area contributed by atoms with Crippen molar-refractivity contribution in [3.63, 3.8) is 0 Å². The molecule has 4 heteroatoms. The Bertz CT molecular complexity index is 281. The third kappa shape index (κ3) is 2.15. The van der Waals surface area contributed by atoms with Gasteiger partial charge in [-0.3, -0.25) is 0 Å². The van der Waals surface area contributed by atoms with Crippen LogP contribution in [-0.2, 0) is 0 Å². The largest absolute Gasteiger partial charge is 0.350 e. The summed E-state index contributed by atoms with van der Waals surface area (Å²) in [6.07, 6.45) is 2.93. The molecule has 1 aromatic heterocycles. The quantitative estimate of drug-likeness (QED) is 0.694. The van der Waals surface area contributed by atoms with Crippen LogP contribution in [0.25, 0.3) is 0 Å². The zero-order valence-electron chi connectivity index (χ0n) is 7.75. The molecule has 1 saturated heterocycles. The lowest BCUT2D eigenvalue weighted by atomic mass is 10.3. The minimum absolute atomic E-state index is 0.488. The van der Waals surface area contributed by atoms with Crippen LogP contribution in [0.1, 0.15) is 12.1 Å². The summed E-state index contributed by atoms with van der Waals surface area (Å²) >= 11 is 0. The average Bonchev–Trinajstić information content (AvgIpc) is 2.57. The molecule has 1 fully saturated rings. The number of hydrogen-bond donors (Lipinski definition) is 2. The van der Waals surface area contributed by atoms with Crippen molar-refractivity contribution in [3.05, 3.63) is 18.0 Å². The first-order chi connectivity index (χ1) is 6.34. The first-order valence-corrected chi connectivity index (χ1v) is 4.61. The van der Waals surface area contributed by atoms with E-state index in [0.29, 0.717) is 6.04 Å². The number of aromatic nitrogens is 2. The van der Waals surface area contributed by atoms with E-state index in [9.17, 15) is 0 Å². The van der Waals surface area contributed by atoms with Crippen molar-refractivity contribution in [1.82, 2.24) is 15.3 Å². The third-order valence-corrected chi connectivity index (χ3v) is 2.19. The summed E-state index contributed by atoms with van der Waals surface area (Å²) in [5.74, 6) is 0.744. The summed E-state index contributed by atoms with van der Waals surface area (Å²) in [7, 11) is 0. The molecule has 0 unspecified atom stereocenters. The molecule has 0 spiro atoms. The van der Waals surface area contributed by atoms with E-state index in [2.05, 4.69) is 20.6 Å². The standard InChI is InChI=1S/C9H14N4/c1-7-2-5-11-9(12-7)13-8-3-4-10-6-8/h2,5,8,10H,3-4,6H2,1H3,(H,11,12,13)/t8-/m0/s1. The van der Waals surface area contributed by atoms with Crippen LogP contribution in [0.3, 0.4) is 0 Å². The molecular weight excluding hydrogens is 164 g/mol. The normalized spacial score (nSPS) is 21.8. The van der Waals surface area contributed by atoms with Crippen LogP contribution in [-0.4, -0.2) is 29.1 Å². The summed E-state index contributed by atoms with van der Waals surface area (Å²) < 4.78 is 0. The van der Waals surface area contributed by atoms with Gasteiger partial charge in [-0.2, -0.15) is 0 Å². The molecule has 1 aliphatic rings. The topological polar surface area (TPSA) is 49.8 Å². The van der Waals surface area contributed by atoms with E-state index in [-0.39, 0.29) is 0 Å². The second-order valence-electron chi connectivity index (χ2n) is 3.36. The van der Waals surface area contributed by atoms with E-state index in [4.69, 9.17) is 0 Å². The predicted octanol–water partition coefficient (Wildman–Crippen LogP) is 0.559. The molecule has 0 bridgehead atoms. The lowest BCUT2D eigenvalue weighted by Crippen LogP contribution is -2.23. The zero-order chi connectivity index (χ0) is 9.10. The highest BCUT2D eigenvalue weighted by molar-refractivity contribution is 5.27. The number of nitrogens with zero attached hydrogens (tertiary/aromatic N) is 2. The van der Waals surface area contributed by atoms with E-state index in [0.717, 1.165) is 31.2 Å². The van der Waals surface area contributed by atoms with Crippen molar-refractivity contribution in [2.45, 2.75) is 19.4 Å². The Morgan fingerprint density at radius 2 is 2.54 bits per heavy atom. The molecule has 13 heavy (non-hydrogen) atoms. The molecule has 1 aliphatic heterocycles. The van der Waals surface area contributed by atoms with Crippen LogP contribution in [0.15, 0.2) is 12.3 Å². The highest BCUT2D eigenvalue weighted by Crippen LogP contribution is 2.05. The van der Waals surface area contributed by atoms with Gasteiger partial charge in [-0.25, -0.2) is 9.97 Å². The monoisotopic (exact) mass is 178 g/mol. The molecule has 0 amide bonds. The Labute approximate surface area is 77.8 Å². The molecule has 0 saturated carbocycles. The van der Waals surface area contributed by atoms with Crippen molar-refractivity contribution in [1.29, 1.82) is 0 Å². The first-order valence-electron chi connectivity index (χ1n) is 4.61. The Morgan fingerprint density at radius 3 is 3.23 bits per heavy atom. The molecule has 2 rings (SSSR count). The summed E-state index contributed by atoms with van der Waals surface area (Å²) in [6, 6.07) is 2.39. The summed E-state index contributed by atoms with van der Waals surface area (Å²) in [6.45, 7) is 4.07. The molecule has 1 aromatic rings. The summed E-state index contributed by atoms with van der Waals surface area (Å²) in [4.78, 5) is 8.44. The van der Waals surface area contributed by atoms with E-state index >= 15 is 0 Å². The Kier molecular flexibility index (Phi) is 2.40. The third-order valence-electron chi connectivity index (χ3n) is 2.19. The highest BCUT2D eigenvalue weighted by atomic mass is 15.1. The van der Waals surface area contributed by atoms with Crippen LogP contribution in [0.4, 0.5) is 5.95 Å². The fourth-order valence-electron chi connectivity index (χ4n) is 1.48. The Hall–Kier alpha value is -1.16. The summed E-state index contributed by atoms with van der Waals surface area (Å²) in [5.41, 5.74) is 1.00. The van der Waals surface area contributed by atoms with Gasteiger partial charge < -0.3 is 10.6 Å². The predicted molar refractivity (Wildman–Crippen MR) is 51.7 cm³/mol. The first kappa shape index (κ1) is 8.44. The van der Waals surface area contributed by atoms with Crippen LogP contribution >= 0.6 is 0 Å². The lowest BCUT2D eigenvalue weighted by Gasteiger charge is -2.10. The minimum atomic E-state index is 0.488. The Balaban J connectivity index is 2.00. The molecule has 0 radical (unpaired) electrons. The summed E-state index contributed by atoms with van der Waals surface area (Å²) in [5, 5.41) is 6.59. The molecule has 2 heterocycles. The van der Waals surface area contributed by atoms with Gasteiger partial charge in [0, 0.05) is 24.5 Å². The molecular formula is C9H14N4. The SMILES string of the molecule is Cc1ccnc(N[C@H]2CCNC2)n1. The molecule has 0 aromatic carbocycles. The maximum atomic E-state index is 4.29. The van der Waals surface area contributed by atoms with Gasteiger partial charge in [0.2, 0.25) is 5.95 Å². The van der Waals surface area contributed by atoms with Gasteiger partial charge in [0.25, 0.3) is 0 Å². The van der Waals surface area contributed by atoms with E-state index < -0.39 is 0 Å². The van der Waals surface area contributed by atoms with Crippen LogP contribution in [0.2, 0.25) is 0 Å². The van der Waals surface area contributed by atoms with E-state index in [1.807, 2.05) is 13.0 Å². The number of hydrogen-bond acceptors (Lipinski definition) is 4. The molecule has 1 atom stereocenters. The van der Waals surface area contributed by atoms with Crippen LogP contribution in [0.5, 0.6) is 0 Å². The van der Waals surface area contributed by atoms with Crippen molar-refractivity contribution in [2.24, 2.45) is 0 Å². The smallest absolute Gasteiger partial charge is 0.223 e. The minimum Gasteiger partial charge on any atom is -0.350 e. The highest BCUT2D eigenvalue weighted by Gasteiger charge is 2.14. The van der Waals surface area contributed by atoms with Gasteiger partial charge >= 0.3 is 0 Å². The number of rotatable bonds is 2. The van der Waals surface area contributed by atoms with E-state index in [1.54, 1.807) is 6.20 Å². The van der Waals surface area contributed by atoms with E-state index in [1.165, 1.54) is 0 Å². The number of aryl methyl sites for hydroxylation is 1. The molecule has 70 valence electrons. The van der Waals surface area contributed by atoms with Gasteiger partial charge in [-0.1, -0.05) is 0 Å². The van der Waals surface area contributed by atoms with Crippen LogP contribution < -0.4 is 10.6 Å². The fraction of sp³-hybridized carbons (Fsp3) is 0.556. The van der Waals surface area contributed by atoms with Gasteiger partial charge in [0.15, 0.2) is 0 Å². The second kappa shape index (κ2) is 3.70. The second-order valence-corrected chi connectivity index (χ2v) is 3.36. The van der Waals surface area contributed by atoms with Gasteiger partial charge in [0.1, 0.15) is 0 Å². The molecule has 0 aliphatic carbocycles. The van der Waals surface area contributed by atoms with Crippen molar-refractivity contribution < 1.29 is 0 Å². The van der Waals surface area contributed by atoms with Crippen molar-refractivity contribution in [3.8, 4) is 0 Å². The molecule has 4 nitrogen and oxygen atoms in total. The maximum Gasteiger partial charge on any atom is 0.223 e. The van der Waals surface area contributed by atoms with Crippen molar-refractivity contribution >= 4 is 5.95 Å². The number of anilines is 1. The van der Waals surface area contributed by atoms with Gasteiger partial charge in [0.05, 0.1) is 0 Å². The van der Waals surface area contributed by atoms with Gasteiger partial charge in [-0.15, -0.1) is 0 Å². The fourth-order valence-corrected chi connectivity index (χ4v) is 1.48. The average molecular weight is 178 g/mol. The number of nitrogens with one attached hydrogen (secondary N) is 2. The van der Waals surface area contributed by atoms with Crippen molar-refractivity contribution in [2.75, 3.05) is 18.4 Å². The maximum absolute atomic E-state index is 4.29. The molecule has 2 N–H and O–H groups in total.